The van der Waals surface area contributed by atoms with Crippen molar-refractivity contribution in [3.05, 3.63) is 111 Å². The second kappa shape index (κ2) is 11.6. The van der Waals surface area contributed by atoms with Crippen molar-refractivity contribution in [2.45, 2.75) is 11.7 Å². The summed E-state index contributed by atoms with van der Waals surface area (Å²) in [6, 6.07) is 24.4. The van der Waals surface area contributed by atoms with Crippen LogP contribution in [0.5, 0.6) is 0 Å². The van der Waals surface area contributed by atoms with Gasteiger partial charge in [0.25, 0.3) is 0 Å². The number of benzene rings is 3. The minimum absolute atomic E-state index is 0. The Kier molecular flexibility index (Phi) is 8.53. The number of nitrogens with zero attached hydrogens (tertiary/aromatic N) is 1. The normalized spacial score (nSPS) is 14.3. The molecule has 1 unspecified atom stereocenters. The molecule has 0 saturated heterocycles. The van der Waals surface area contributed by atoms with Crippen LogP contribution in [0.25, 0.3) is 35.2 Å². The van der Waals surface area contributed by atoms with Crippen LogP contribution in [-0.2, 0) is 4.79 Å². The first-order valence-electron chi connectivity index (χ1n) is 11.0. The van der Waals surface area contributed by atoms with Crippen LogP contribution < -0.4 is 34.7 Å². The number of halogens is 1. The zero-order valence-corrected chi connectivity index (χ0v) is 22.9. The molecule has 1 aliphatic rings. The van der Waals surface area contributed by atoms with Crippen LogP contribution >= 0.6 is 23.4 Å². The topological polar surface area (TPSA) is 53.0 Å². The van der Waals surface area contributed by atoms with E-state index in [9.17, 15) is 9.90 Å². The van der Waals surface area contributed by atoms with Crippen molar-refractivity contribution in [1.82, 2.24) is 4.98 Å². The predicted molar refractivity (Wildman–Crippen MR) is 141 cm³/mol. The van der Waals surface area contributed by atoms with Crippen LogP contribution in [0.3, 0.4) is 0 Å². The zero-order valence-electron chi connectivity index (χ0n) is 19.3. The maximum Gasteiger partial charge on any atom is 1.00 e. The number of carboxylic acid groups (broad SMARTS) is 1. The van der Waals surface area contributed by atoms with Crippen LogP contribution in [0, 0.1) is 0 Å². The molecule has 3 aromatic carbocycles. The number of hydrogen-bond acceptors (Lipinski definition) is 4. The van der Waals surface area contributed by atoms with E-state index in [0.717, 1.165) is 33.3 Å². The molecular formula is C29H21ClNNaO2S. The smallest absolute Gasteiger partial charge is 0.550 e. The van der Waals surface area contributed by atoms with Gasteiger partial charge in [-0.15, -0.1) is 11.8 Å². The maximum atomic E-state index is 11.0. The molecule has 0 amide bonds. The van der Waals surface area contributed by atoms with Gasteiger partial charge in [-0.25, -0.2) is 4.98 Å². The summed E-state index contributed by atoms with van der Waals surface area (Å²) < 4.78 is 0. The van der Waals surface area contributed by atoms with Gasteiger partial charge in [0, 0.05) is 16.4 Å². The van der Waals surface area contributed by atoms with Crippen molar-refractivity contribution >= 4 is 64.5 Å². The number of aromatic nitrogens is 1. The summed E-state index contributed by atoms with van der Waals surface area (Å²) in [5.74, 6) is -0.529. The Morgan fingerprint density at radius 1 is 0.943 bits per heavy atom. The summed E-state index contributed by atoms with van der Waals surface area (Å²) in [7, 11) is 0. The molecule has 0 fully saturated rings. The molecule has 1 heterocycles. The first-order chi connectivity index (χ1) is 16.6. The third-order valence-electron chi connectivity index (χ3n) is 5.83. The van der Waals surface area contributed by atoms with Gasteiger partial charge in [-0.05, 0) is 70.3 Å². The third kappa shape index (κ3) is 6.08. The molecule has 0 bridgehead atoms. The van der Waals surface area contributed by atoms with Crippen molar-refractivity contribution < 1.29 is 39.5 Å². The van der Waals surface area contributed by atoms with Crippen LogP contribution in [-0.4, -0.2) is 16.7 Å². The van der Waals surface area contributed by atoms with E-state index in [1.807, 2.05) is 48.5 Å². The number of pyridine rings is 1. The van der Waals surface area contributed by atoms with Gasteiger partial charge in [-0.1, -0.05) is 78.4 Å². The number of carbonyl (C=O) groups is 1. The number of hydrogen-bond donors (Lipinski definition) is 0. The van der Waals surface area contributed by atoms with E-state index in [1.54, 1.807) is 11.8 Å². The molecule has 0 aliphatic heterocycles. The Labute approximate surface area is 236 Å². The second-order valence-corrected chi connectivity index (χ2v) is 9.78. The van der Waals surface area contributed by atoms with Gasteiger partial charge in [-0.2, -0.15) is 0 Å². The largest absolute Gasteiger partial charge is 1.00 e. The molecule has 3 nitrogen and oxygen atoms in total. The molecule has 0 saturated carbocycles. The molecule has 1 aromatic heterocycles. The fourth-order valence-corrected chi connectivity index (χ4v) is 5.61. The maximum absolute atomic E-state index is 11.0. The van der Waals surface area contributed by atoms with Crippen LogP contribution in [0.2, 0.25) is 5.02 Å². The van der Waals surface area contributed by atoms with E-state index >= 15 is 0 Å². The van der Waals surface area contributed by atoms with Gasteiger partial charge in [0.05, 0.1) is 16.5 Å². The molecule has 1 atom stereocenters. The standard InChI is InChI=1S/C29H22ClNO2S.Na/c30-23-12-10-22-11-14-24(31-27(22)18-23)13-6-19-5-7-21-9-8-20-3-1-2-4-25(20)29(26(21)17-19)34-16-15-28(32)33;/h1-14,17-18,29H,15-16H2,(H,32,33);/q;+1/p-1. The average molecular weight is 506 g/mol. The first kappa shape index (κ1) is 25.7. The second-order valence-electron chi connectivity index (χ2n) is 8.13. The van der Waals surface area contributed by atoms with Gasteiger partial charge in [0.1, 0.15) is 0 Å². The SMILES string of the molecule is O=C([O-])CCSC1c2ccccc2C=Cc2ccc(C=Cc3ccc4ccc(Cl)cc4n3)cc21.[Na+]. The Balaban J connectivity index is 0.00000289. The molecule has 4 aromatic rings. The predicted octanol–water partition coefficient (Wildman–Crippen LogP) is 3.51. The quantitative estimate of drug-likeness (QED) is 0.376. The van der Waals surface area contributed by atoms with E-state index in [1.165, 1.54) is 11.1 Å². The summed E-state index contributed by atoms with van der Waals surface area (Å²) >= 11 is 7.77. The van der Waals surface area contributed by atoms with Crippen molar-refractivity contribution in [3.63, 3.8) is 0 Å². The van der Waals surface area contributed by atoms with E-state index in [4.69, 9.17) is 16.6 Å². The number of carbonyl (C=O) groups excluding carboxylic acids is 1. The van der Waals surface area contributed by atoms with E-state index in [0.29, 0.717) is 10.8 Å². The molecule has 0 radical (unpaired) electrons. The summed E-state index contributed by atoms with van der Waals surface area (Å²) in [6.07, 6.45) is 8.36. The molecule has 1 aliphatic carbocycles. The van der Waals surface area contributed by atoms with Crippen molar-refractivity contribution in [3.8, 4) is 0 Å². The van der Waals surface area contributed by atoms with Gasteiger partial charge in [-0.3, -0.25) is 0 Å². The third-order valence-corrected chi connectivity index (χ3v) is 7.34. The minimum Gasteiger partial charge on any atom is -0.550 e. The summed E-state index contributed by atoms with van der Waals surface area (Å²) in [6.45, 7) is 0. The minimum atomic E-state index is -1.02. The van der Waals surface area contributed by atoms with E-state index in [2.05, 4.69) is 48.6 Å². The van der Waals surface area contributed by atoms with Crippen LogP contribution in [0.15, 0.2) is 72.8 Å². The molecule has 168 valence electrons. The molecule has 0 N–H and O–H groups in total. The molecule has 6 heteroatoms. The van der Waals surface area contributed by atoms with E-state index < -0.39 is 5.97 Å². The Bertz CT molecular complexity index is 1450. The van der Waals surface area contributed by atoms with Crippen LogP contribution in [0.1, 0.15) is 45.2 Å². The number of aliphatic carboxylic acids is 1. The summed E-state index contributed by atoms with van der Waals surface area (Å²) in [5, 5.41) is 12.8. The van der Waals surface area contributed by atoms with E-state index in [-0.39, 0.29) is 41.2 Å². The fourth-order valence-electron chi connectivity index (χ4n) is 4.14. The van der Waals surface area contributed by atoms with Crippen molar-refractivity contribution in [2.24, 2.45) is 0 Å². The zero-order chi connectivity index (χ0) is 23.5. The van der Waals surface area contributed by atoms with Crippen LogP contribution in [0.4, 0.5) is 0 Å². The summed E-state index contributed by atoms with van der Waals surface area (Å²) in [5.41, 5.74) is 7.43. The monoisotopic (exact) mass is 505 g/mol. The number of carboxylic acids is 1. The molecule has 5 rings (SSSR count). The number of thioether (sulfide) groups is 1. The molecule has 0 spiro atoms. The van der Waals surface area contributed by atoms with Gasteiger partial charge < -0.3 is 9.90 Å². The summed E-state index contributed by atoms with van der Waals surface area (Å²) in [4.78, 5) is 15.7. The van der Waals surface area contributed by atoms with Crippen molar-refractivity contribution in [2.75, 3.05) is 5.75 Å². The Morgan fingerprint density at radius 2 is 1.71 bits per heavy atom. The molecule has 35 heavy (non-hydrogen) atoms. The van der Waals surface area contributed by atoms with Gasteiger partial charge in [0.2, 0.25) is 0 Å². The fraction of sp³-hybridized carbons (Fsp3) is 0.103. The Hall–Kier alpha value is -2.34. The first-order valence-corrected chi connectivity index (χ1v) is 12.5. The number of rotatable bonds is 6. The van der Waals surface area contributed by atoms with Crippen molar-refractivity contribution in [1.29, 1.82) is 0 Å². The average Bonchev–Trinajstić information content (AvgIpc) is 2.99. The van der Waals surface area contributed by atoms with Gasteiger partial charge in [0.15, 0.2) is 0 Å². The molecular weight excluding hydrogens is 485 g/mol. The number of fused-ring (bicyclic) bond motifs is 3. The Morgan fingerprint density at radius 3 is 2.54 bits per heavy atom. The van der Waals surface area contributed by atoms with Gasteiger partial charge >= 0.3 is 29.6 Å².